The molecule has 118 valence electrons. The van der Waals surface area contributed by atoms with Crippen LogP contribution in [0.4, 0.5) is 10.5 Å². The van der Waals surface area contributed by atoms with E-state index in [0.717, 1.165) is 6.54 Å². The van der Waals surface area contributed by atoms with E-state index in [-0.39, 0.29) is 6.03 Å². The normalized spacial score (nSPS) is 15.4. The first-order chi connectivity index (χ1) is 10.5. The molecule has 1 heterocycles. The molecule has 2 aromatic rings. The smallest absolute Gasteiger partial charge is 0.408 e. The Bertz CT molecular complexity index is 741. The average molecular weight is 303 g/mol. The summed E-state index contributed by atoms with van der Waals surface area (Å²) in [6.07, 6.45) is 4.96. The second kappa shape index (κ2) is 5.87. The summed E-state index contributed by atoms with van der Waals surface area (Å²) in [6.45, 7) is 0.790. The van der Waals surface area contributed by atoms with Crippen LogP contribution >= 0.6 is 0 Å². The molecule has 0 atom stereocenters. The number of urea groups is 1. The van der Waals surface area contributed by atoms with Crippen molar-refractivity contribution < 1.29 is 9.21 Å². The zero-order chi connectivity index (χ0) is 15.7. The minimum Gasteiger partial charge on any atom is -0.408 e. The second-order valence-corrected chi connectivity index (χ2v) is 6.07. The van der Waals surface area contributed by atoms with Crippen molar-refractivity contribution in [2.75, 3.05) is 18.9 Å². The molecule has 0 unspecified atom stereocenters. The molecule has 1 saturated carbocycles. The number of amides is 2. The van der Waals surface area contributed by atoms with Crippen LogP contribution in [0.2, 0.25) is 0 Å². The van der Waals surface area contributed by atoms with Gasteiger partial charge >= 0.3 is 11.8 Å². The van der Waals surface area contributed by atoms with E-state index in [9.17, 15) is 9.59 Å². The third-order valence-electron chi connectivity index (χ3n) is 4.40. The lowest BCUT2D eigenvalue weighted by Crippen LogP contribution is -2.34. The van der Waals surface area contributed by atoms with Crippen LogP contribution in [0.1, 0.15) is 25.7 Å². The van der Waals surface area contributed by atoms with Gasteiger partial charge in [0.15, 0.2) is 5.58 Å². The third kappa shape index (κ3) is 2.86. The first-order valence-corrected chi connectivity index (χ1v) is 7.66. The standard InChI is InChI=1S/C16H21N3O3/c1-18(10-11-5-3-4-6-11)15(20)17-12-7-8-14-13(9-12)19(2)16(21)22-14/h7-9,11H,3-6,10H2,1-2H3,(H,17,20). The van der Waals surface area contributed by atoms with Crippen molar-refractivity contribution in [2.24, 2.45) is 13.0 Å². The van der Waals surface area contributed by atoms with Gasteiger partial charge in [0.25, 0.3) is 0 Å². The van der Waals surface area contributed by atoms with Crippen LogP contribution < -0.4 is 11.1 Å². The Kier molecular flexibility index (Phi) is 3.92. The van der Waals surface area contributed by atoms with E-state index in [4.69, 9.17) is 4.42 Å². The summed E-state index contributed by atoms with van der Waals surface area (Å²) < 4.78 is 6.50. The summed E-state index contributed by atoms with van der Waals surface area (Å²) in [5, 5.41) is 2.87. The van der Waals surface area contributed by atoms with E-state index in [2.05, 4.69) is 5.32 Å². The Morgan fingerprint density at radius 2 is 2.14 bits per heavy atom. The number of carbonyl (C=O) groups is 1. The first kappa shape index (κ1) is 14.7. The molecule has 0 bridgehead atoms. The number of hydrogen-bond acceptors (Lipinski definition) is 3. The number of oxazole rings is 1. The lowest BCUT2D eigenvalue weighted by Gasteiger charge is -2.21. The maximum atomic E-state index is 12.2. The summed E-state index contributed by atoms with van der Waals surface area (Å²) >= 11 is 0. The zero-order valence-corrected chi connectivity index (χ0v) is 13.0. The molecule has 6 nitrogen and oxygen atoms in total. The number of aromatic nitrogens is 1. The average Bonchev–Trinajstić information content (AvgIpc) is 3.09. The summed E-state index contributed by atoms with van der Waals surface area (Å²) in [5.41, 5.74) is 1.85. The van der Waals surface area contributed by atoms with Crippen molar-refractivity contribution in [3.05, 3.63) is 28.7 Å². The Hall–Kier alpha value is -2.24. The molecule has 1 aromatic carbocycles. The molecule has 0 spiro atoms. The molecule has 1 fully saturated rings. The summed E-state index contributed by atoms with van der Waals surface area (Å²) in [5.74, 6) is 0.213. The van der Waals surface area contributed by atoms with E-state index < -0.39 is 5.76 Å². The number of aryl methyl sites for hydroxylation is 1. The summed E-state index contributed by atoms with van der Waals surface area (Å²) in [7, 11) is 3.46. The highest BCUT2D eigenvalue weighted by Gasteiger charge is 2.19. The summed E-state index contributed by atoms with van der Waals surface area (Å²) in [6, 6.07) is 5.07. The van der Waals surface area contributed by atoms with Crippen molar-refractivity contribution in [1.82, 2.24) is 9.47 Å². The highest BCUT2D eigenvalue weighted by atomic mass is 16.4. The predicted molar refractivity (Wildman–Crippen MR) is 85.1 cm³/mol. The SMILES string of the molecule is CN(CC1CCCC1)C(=O)Nc1ccc2oc(=O)n(C)c2c1. The van der Waals surface area contributed by atoms with Crippen molar-refractivity contribution in [3.8, 4) is 0 Å². The Morgan fingerprint density at radius 1 is 1.41 bits per heavy atom. The lowest BCUT2D eigenvalue weighted by molar-refractivity contribution is 0.214. The molecule has 0 aliphatic heterocycles. The van der Waals surface area contributed by atoms with Gasteiger partial charge in [0.1, 0.15) is 0 Å². The van der Waals surface area contributed by atoms with Crippen molar-refractivity contribution in [2.45, 2.75) is 25.7 Å². The predicted octanol–water partition coefficient (Wildman–Crippen LogP) is 2.79. The van der Waals surface area contributed by atoms with Crippen LogP contribution in [0.15, 0.2) is 27.4 Å². The molecule has 1 aromatic heterocycles. The van der Waals surface area contributed by atoms with Crippen LogP contribution in [-0.4, -0.2) is 29.1 Å². The van der Waals surface area contributed by atoms with Gasteiger partial charge in [0.2, 0.25) is 0 Å². The van der Waals surface area contributed by atoms with Gasteiger partial charge in [-0.25, -0.2) is 9.59 Å². The van der Waals surface area contributed by atoms with Crippen LogP contribution in [-0.2, 0) is 7.05 Å². The number of rotatable bonds is 3. The minimum atomic E-state index is -0.406. The van der Waals surface area contributed by atoms with Crippen LogP contribution in [0.3, 0.4) is 0 Å². The fourth-order valence-corrected chi connectivity index (χ4v) is 3.09. The van der Waals surface area contributed by atoms with E-state index >= 15 is 0 Å². The maximum absolute atomic E-state index is 12.2. The Labute approximate surface area is 128 Å². The third-order valence-corrected chi connectivity index (χ3v) is 4.40. The quantitative estimate of drug-likeness (QED) is 0.948. The number of benzene rings is 1. The number of nitrogens with zero attached hydrogens (tertiary/aromatic N) is 2. The molecule has 0 radical (unpaired) electrons. The number of fused-ring (bicyclic) bond motifs is 1. The molecular weight excluding hydrogens is 282 g/mol. The number of nitrogens with one attached hydrogen (secondary N) is 1. The van der Waals surface area contributed by atoms with Gasteiger partial charge in [-0.3, -0.25) is 4.57 Å². The lowest BCUT2D eigenvalue weighted by atomic mass is 10.1. The molecule has 3 rings (SSSR count). The van der Waals surface area contributed by atoms with Gasteiger partial charge in [-0.1, -0.05) is 12.8 Å². The van der Waals surface area contributed by atoms with E-state index in [1.165, 1.54) is 30.3 Å². The number of carbonyl (C=O) groups excluding carboxylic acids is 1. The number of hydrogen-bond donors (Lipinski definition) is 1. The van der Waals surface area contributed by atoms with Gasteiger partial charge in [0, 0.05) is 26.3 Å². The molecule has 1 aliphatic carbocycles. The fourth-order valence-electron chi connectivity index (χ4n) is 3.09. The van der Waals surface area contributed by atoms with Gasteiger partial charge in [-0.15, -0.1) is 0 Å². The van der Waals surface area contributed by atoms with Crippen LogP contribution in [0, 0.1) is 5.92 Å². The molecule has 1 N–H and O–H groups in total. The zero-order valence-electron chi connectivity index (χ0n) is 13.0. The van der Waals surface area contributed by atoms with Crippen molar-refractivity contribution in [3.63, 3.8) is 0 Å². The van der Waals surface area contributed by atoms with Gasteiger partial charge in [0.05, 0.1) is 5.52 Å². The molecule has 22 heavy (non-hydrogen) atoms. The van der Waals surface area contributed by atoms with Gasteiger partial charge in [-0.05, 0) is 37.0 Å². The Morgan fingerprint density at radius 3 is 2.86 bits per heavy atom. The molecular formula is C16H21N3O3. The fraction of sp³-hybridized carbons (Fsp3) is 0.500. The van der Waals surface area contributed by atoms with E-state index in [1.54, 1.807) is 30.1 Å². The monoisotopic (exact) mass is 303 g/mol. The van der Waals surface area contributed by atoms with Crippen LogP contribution in [0.5, 0.6) is 0 Å². The highest BCUT2D eigenvalue weighted by Crippen LogP contribution is 2.25. The largest absolute Gasteiger partial charge is 0.419 e. The van der Waals surface area contributed by atoms with Crippen LogP contribution in [0.25, 0.3) is 11.1 Å². The maximum Gasteiger partial charge on any atom is 0.419 e. The first-order valence-electron chi connectivity index (χ1n) is 7.66. The molecule has 0 saturated heterocycles. The highest BCUT2D eigenvalue weighted by molar-refractivity contribution is 5.91. The van der Waals surface area contributed by atoms with Crippen molar-refractivity contribution in [1.29, 1.82) is 0 Å². The van der Waals surface area contributed by atoms with Gasteiger partial charge < -0.3 is 14.6 Å². The van der Waals surface area contributed by atoms with Gasteiger partial charge in [-0.2, -0.15) is 0 Å². The van der Waals surface area contributed by atoms with E-state index in [0.29, 0.717) is 22.7 Å². The topological polar surface area (TPSA) is 67.5 Å². The summed E-state index contributed by atoms with van der Waals surface area (Å²) in [4.78, 5) is 25.5. The second-order valence-electron chi connectivity index (χ2n) is 6.07. The number of anilines is 1. The van der Waals surface area contributed by atoms with Crippen molar-refractivity contribution >= 4 is 22.8 Å². The molecule has 1 aliphatic rings. The minimum absolute atomic E-state index is 0.125. The van der Waals surface area contributed by atoms with E-state index in [1.807, 2.05) is 7.05 Å². The Balaban J connectivity index is 1.70. The molecule has 6 heteroatoms. The molecule has 2 amide bonds.